The number of nitrogens with one attached hydrogen (secondary N) is 1. The predicted octanol–water partition coefficient (Wildman–Crippen LogP) is 4.49. The van der Waals surface area contributed by atoms with Crippen molar-refractivity contribution in [3.05, 3.63) is 58.8 Å². The van der Waals surface area contributed by atoms with E-state index in [9.17, 15) is 4.79 Å². The number of carbonyl (C=O) groups excluding carboxylic acids is 1. The van der Waals surface area contributed by atoms with Crippen LogP contribution < -0.4 is 5.32 Å². The number of nitrogens with zero attached hydrogens (tertiary/aromatic N) is 2. The van der Waals surface area contributed by atoms with E-state index in [2.05, 4.69) is 23.2 Å². The second-order valence-electron chi connectivity index (χ2n) is 8.95. The van der Waals surface area contributed by atoms with E-state index in [1.807, 2.05) is 30.3 Å². The van der Waals surface area contributed by atoms with Crippen molar-refractivity contribution in [2.24, 2.45) is 0 Å². The van der Waals surface area contributed by atoms with Crippen molar-refractivity contribution in [3.63, 3.8) is 0 Å². The van der Waals surface area contributed by atoms with E-state index in [-0.39, 0.29) is 17.9 Å². The number of pyridine rings is 1. The van der Waals surface area contributed by atoms with Crippen LogP contribution in [0.5, 0.6) is 0 Å². The van der Waals surface area contributed by atoms with Crippen LogP contribution in [0.2, 0.25) is 0 Å². The number of unbranched alkanes of at least 4 members (excludes halogenated alkanes) is 1. The molecule has 0 saturated carbocycles. The number of aryl methyl sites for hydroxylation is 3. The normalized spacial score (nSPS) is 19.6. The van der Waals surface area contributed by atoms with E-state index in [0.29, 0.717) is 0 Å². The summed E-state index contributed by atoms with van der Waals surface area (Å²) in [6, 6.07) is 12.3. The number of benzene rings is 1. The van der Waals surface area contributed by atoms with Crippen molar-refractivity contribution in [2.45, 2.75) is 64.5 Å². The minimum atomic E-state index is -0.151. The zero-order chi connectivity index (χ0) is 21.6. The number of rotatable bonds is 9. The van der Waals surface area contributed by atoms with Crippen LogP contribution in [0.4, 0.5) is 5.82 Å². The van der Waals surface area contributed by atoms with Crippen molar-refractivity contribution in [1.29, 1.82) is 0 Å². The summed E-state index contributed by atoms with van der Waals surface area (Å²) in [5, 5.41) is 3.44. The molecule has 0 radical (unpaired) electrons. The lowest BCUT2D eigenvalue weighted by Crippen LogP contribution is -2.32. The van der Waals surface area contributed by atoms with Gasteiger partial charge in [0.15, 0.2) is 5.78 Å². The molecular weight excluding hydrogens is 386 g/mol. The molecule has 3 heterocycles. The second kappa shape index (κ2) is 10.4. The van der Waals surface area contributed by atoms with Crippen molar-refractivity contribution in [1.82, 2.24) is 9.88 Å². The molecule has 0 bridgehead atoms. The highest BCUT2D eigenvalue weighted by Crippen LogP contribution is 2.27. The number of aromatic nitrogens is 1. The molecule has 2 aliphatic heterocycles. The van der Waals surface area contributed by atoms with Gasteiger partial charge in [0, 0.05) is 31.9 Å². The lowest BCUT2D eigenvalue weighted by Gasteiger charge is -2.26. The molecule has 1 aromatic carbocycles. The lowest BCUT2D eigenvalue weighted by molar-refractivity contribution is -0.122. The van der Waals surface area contributed by atoms with Crippen molar-refractivity contribution in [2.75, 3.05) is 31.6 Å². The Morgan fingerprint density at radius 1 is 1.29 bits per heavy atom. The van der Waals surface area contributed by atoms with Gasteiger partial charge in [-0.25, -0.2) is 4.98 Å². The van der Waals surface area contributed by atoms with Gasteiger partial charge in [0.1, 0.15) is 5.82 Å². The Hall–Kier alpha value is -2.24. The average molecular weight is 422 g/mol. The van der Waals surface area contributed by atoms with Gasteiger partial charge in [-0.1, -0.05) is 36.4 Å². The van der Waals surface area contributed by atoms with Gasteiger partial charge in [0.25, 0.3) is 0 Å². The predicted molar refractivity (Wildman–Crippen MR) is 125 cm³/mol. The summed E-state index contributed by atoms with van der Waals surface area (Å²) in [6.45, 7) is 7.42. The van der Waals surface area contributed by atoms with Gasteiger partial charge in [-0.05, 0) is 69.1 Å². The fourth-order valence-corrected chi connectivity index (χ4v) is 4.90. The van der Waals surface area contributed by atoms with Crippen molar-refractivity contribution in [3.8, 4) is 0 Å². The van der Waals surface area contributed by atoms with E-state index >= 15 is 0 Å². The Morgan fingerprint density at radius 3 is 2.94 bits per heavy atom. The highest BCUT2D eigenvalue weighted by molar-refractivity contribution is 5.83. The van der Waals surface area contributed by atoms with Crippen LogP contribution in [0, 0.1) is 6.92 Å². The van der Waals surface area contributed by atoms with E-state index in [1.54, 1.807) is 6.92 Å². The molecule has 5 nitrogen and oxygen atoms in total. The number of Topliss-reactive ketones (excluding diaryl/α,β-unsaturated/α-hetero) is 1. The fourth-order valence-electron chi connectivity index (χ4n) is 4.90. The highest BCUT2D eigenvalue weighted by atomic mass is 16.5. The third-order valence-electron chi connectivity index (χ3n) is 6.52. The second-order valence-corrected chi connectivity index (χ2v) is 8.95. The summed E-state index contributed by atoms with van der Waals surface area (Å²) in [7, 11) is 0. The molecule has 0 unspecified atom stereocenters. The molecule has 31 heavy (non-hydrogen) atoms. The van der Waals surface area contributed by atoms with Crippen LogP contribution in [-0.4, -0.2) is 48.0 Å². The lowest BCUT2D eigenvalue weighted by atomic mass is 10.0. The van der Waals surface area contributed by atoms with Crippen LogP contribution >= 0.6 is 0 Å². The molecule has 5 heteroatoms. The summed E-state index contributed by atoms with van der Waals surface area (Å²) in [5.74, 6) is 1.29. The zero-order valence-corrected chi connectivity index (χ0v) is 18.9. The average Bonchev–Trinajstić information content (AvgIpc) is 3.22. The van der Waals surface area contributed by atoms with E-state index in [0.717, 1.165) is 69.7 Å². The Balaban J connectivity index is 1.21. The van der Waals surface area contributed by atoms with Crippen LogP contribution in [0.3, 0.4) is 0 Å². The first-order valence-electron chi connectivity index (χ1n) is 11.8. The number of carbonyl (C=O) groups is 1. The molecule has 4 rings (SSSR count). The van der Waals surface area contributed by atoms with Gasteiger partial charge in [-0.2, -0.15) is 0 Å². The quantitative estimate of drug-likeness (QED) is 0.605. The molecule has 1 fully saturated rings. The van der Waals surface area contributed by atoms with Crippen LogP contribution in [0.1, 0.15) is 61.0 Å². The molecule has 2 atom stereocenters. The minimum absolute atomic E-state index is 0.151. The number of ketones is 1. The number of anilines is 1. The van der Waals surface area contributed by atoms with Gasteiger partial charge in [-0.3, -0.25) is 9.69 Å². The van der Waals surface area contributed by atoms with Crippen molar-refractivity contribution >= 4 is 11.6 Å². The van der Waals surface area contributed by atoms with Gasteiger partial charge in [0.05, 0.1) is 12.1 Å². The molecule has 166 valence electrons. The first-order chi connectivity index (χ1) is 15.1. The number of fused-ring (bicyclic) bond motifs is 1. The van der Waals surface area contributed by atoms with E-state index in [4.69, 9.17) is 9.72 Å². The Labute approximate surface area is 186 Å². The van der Waals surface area contributed by atoms with Gasteiger partial charge in [0.2, 0.25) is 0 Å². The Morgan fingerprint density at radius 2 is 2.13 bits per heavy atom. The summed E-state index contributed by atoms with van der Waals surface area (Å²) < 4.78 is 6.17. The maximum absolute atomic E-state index is 12.3. The van der Waals surface area contributed by atoms with E-state index < -0.39 is 0 Å². The third kappa shape index (κ3) is 5.52. The maximum atomic E-state index is 12.3. The Bertz CT molecular complexity index is 884. The molecule has 0 spiro atoms. The topological polar surface area (TPSA) is 54.5 Å². The smallest absolute Gasteiger partial charge is 0.151 e. The fraction of sp³-hybridized carbons (Fsp3) is 0.538. The van der Waals surface area contributed by atoms with Crippen LogP contribution in [0.15, 0.2) is 36.4 Å². The SMILES string of the molecule is CC(=O)[C@H](c1ccccc1)N1CC[C@@H](OCCCCc2nc3c(cc2C)CCCN3)C1. The molecule has 1 N–H and O–H groups in total. The molecule has 2 aromatic rings. The van der Waals surface area contributed by atoms with Crippen LogP contribution in [-0.2, 0) is 22.4 Å². The van der Waals surface area contributed by atoms with Gasteiger partial charge in [-0.15, -0.1) is 0 Å². The number of hydrogen-bond donors (Lipinski definition) is 1. The van der Waals surface area contributed by atoms with Crippen LogP contribution in [0.25, 0.3) is 0 Å². The largest absolute Gasteiger partial charge is 0.377 e. The molecule has 2 aliphatic rings. The third-order valence-corrected chi connectivity index (χ3v) is 6.52. The highest BCUT2D eigenvalue weighted by Gasteiger charge is 2.32. The molecule has 1 aromatic heterocycles. The number of likely N-dealkylation sites (tertiary alicyclic amines) is 1. The summed E-state index contributed by atoms with van der Waals surface area (Å²) >= 11 is 0. The van der Waals surface area contributed by atoms with Gasteiger partial charge >= 0.3 is 0 Å². The summed E-state index contributed by atoms with van der Waals surface area (Å²) in [4.78, 5) is 19.4. The maximum Gasteiger partial charge on any atom is 0.151 e. The molecular formula is C26H35N3O2. The summed E-state index contributed by atoms with van der Waals surface area (Å²) in [5.41, 5.74) is 4.97. The standard InChI is InChI=1S/C26H35N3O2/c1-19-17-22-11-8-14-27-26(22)28-24(19)12-6-7-16-31-23-13-15-29(18-23)25(20(2)30)21-9-4-3-5-10-21/h3-5,9-10,17,23,25H,6-8,11-16,18H2,1-2H3,(H,27,28)/t23-,25-/m1/s1. The first-order valence-corrected chi connectivity index (χ1v) is 11.8. The van der Waals surface area contributed by atoms with Gasteiger partial charge < -0.3 is 10.1 Å². The molecule has 1 saturated heterocycles. The zero-order valence-electron chi connectivity index (χ0n) is 18.9. The minimum Gasteiger partial charge on any atom is -0.377 e. The molecule has 0 aliphatic carbocycles. The number of hydrogen-bond acceptors (Lipinski definition) is 5. The summed E-state index contributed by atoms with van der Waals surface area (Å²) in [6.07, 6.45) is 6.67. The number of ether oxygens (including phenoxy) is 1. The Kier molecular flexibility index (Phi) is 7.36. The van der Waals surface area contributed by atoms with E-state index in [1.165, 1.54) is 23.2 Å². The monoisotopic (exact) mass is 421 g/mol. The molecule has 0 amide bonds. The van der Waals surface area contributed by atoms with Crippen molar-refractivity contribution < 1.29 is 9.53 Å². The first kappa shape index (κ1) is 22.0.